The van der Waals surface area contributed by atoms with Crippen LogP contribution in [0, 0.1) is 5.82 Å². The first-order valence-corrected chi connectivity index (χ1v) is 9.46. The lowest BCUT2D eigenvalue weighted by Gasteiger charge is -2.27. The van der Waals surface area contributed by atoms with E-state index in [-0.39, 0.29) is 23.6 Å². The molecule has 3 rings (SSSR count). The number of nitrogens with zero attached hydrogens (tertiary/aromatic N) is 1. The van der Waals surface area contributed by atoms with Crippen molar-refractivity contribution in [3.63, 3.8) is 0 Å². The summed E-state index contributed by atoms with van der Waals surface area (Å²) in [6.07, 6.45) is 3.47. The summed E-state index contributed by atoms with van der Waals surface area (Å²) >= 11 is 0. The summed E-state index contributed by atoms with van der Waals surface area (Å²) < 4.78 is 24.1. The molecule has 0 aliphatic carbocycles. The summed E-state index contributed by atoms with van der Waals surface area (Å²) in [7, 11) is 0. The fraction of sp³-hybridized carbons (Fsp3) is 0.304. The first-order valence-electron chi connectivity index (χ1n) is 9.46. The van der Waals surface area contributed by atoms with Gasteiger partial charge in [0.1, 0.15) is 18.0 Å². The Morgan fingerprint density at radius 1 is 1.11 bits per heavy atom. The van der Waals surface area contributed by atoms with E-state index >= 15 is 0 Å². The van der Waals surface area contributed by atoms with E-state index < -0.39 is 5.92 Å². The largest absolute Gasteiger partial charge is 0.465 e. The first kappa shape index (κ1) is 19.8. The lowest BCUT2D eigenvalue weighted by molar-refractivity contribution is -0.145. The molecule has 28 heavy (non-hydrogen) atoms. The van der Waals surface area contributed by atoms with Gasteiger partial charge in [0.05, 0.1) is 12.8 Å². The summed E-state index contributed by atoms with van der Waals surface area (Å²) in [6, 6.07) is 16.5. The van der Waals surface area contributed by atoms with E-state index in [1.54, 1.807) is 19.1 Å². The molecule has 3 unspecified atom stereocenters. The van der Waals surface area contributed by atoms with Crippen molar-refractivity contribution in [3.05, 3.63) is 89.9 Å². The minimum absolute atomic E-state index is 0.00651. The number of carbonyl (C=O) groups is 1. The predicted molar refractivity (Wildman–Crippen MR) is 104 cm³/mol. The van der Waals surface area contributed by atoms with Crippen LogP contribution in [-0.2, 0) is 9.53 Å². The first-order chi connectivity index (χ1) is 13.6. The van der Waals surface area contributed by atoms with Crippen LogP contribution in [-0.4, -0.2) is 17.6 Å². The van der Waals surface area contributed by atoms with Crippen molar-refractivity contribution in [2.24, 2.45) is 0 Å². The van der Waals surface area contributed by atoms with Gasteiger partial charge in [-0.3, -0.25) is 4.79 Å². The van der Waals surface area contributed by atoms with E-state index in [9.17, 15) is 9.18 Å². The molecule has 0 bridgehead atoms. The number of esters is 1. The van der Waals surface area contributed by atoms with Crippen molar-refractivity contribution in [2.45, 2.75) is 38.0 Å². The third kappa shape index (κ3) is 4.66. The van der Waals surface area contributed by atoms with E-state index in [1.165, 1.54) is 24.6 Å². The summed E-state index contributed by atoms with van der Waals surface area (Å²) in [5.41, 5.74) is 2.10. The molecule has 0 N–H and O–H groups in total. The molecule has 5 heteroatoms. The highest BCUT2D eigenvalue weighted by molar-refractivity contribution is 5.77. The Morgan fingerprint density at radius 2 is 1.82 bits per heavy atom. The van der Waals surface area contributed by atoms with Crippen molar-refractivity contribution in [1.82, 2.24) is 4.98 Å². The van der Waals surface area contributed by atoms with E-state index in [4.69, 9.17) is 9.15 Å². The van der Waals surface area contributed by atoms with Gasteiger partial charge in [-0.05, 0) is 48.4 Å². The number of oxazole rings is 1. The van der Waals surface area contributed by atoms with E-state index in [1.807, 2.05) is 30.3 Å². The molecule has 0 amide bonds. The van der Waals surface area contributed by atoms with Gasteiger partial charge >= 0.3 is 5.97 Å². The number of halogens is 1. The number of benzene rings is 2. The summed E-state index contributed by atoms with van der Waals surface area (Å²) in [4.78, 5) is 16.8. The van der Waals surface area contributed by atoms with Crippen molar-refractivity contribution < 1.29 is 18.3 Å². The van der Waals surface area contributed by atoms with Gasteiger partial charge in [0.25, 0.3) is 0 Å². The van der Waals surface area contributed by atoms with E-state index in [2.05, 4.69) is 11.9 Å². The number of carbonyl (C=O) groups excluding carboxylic acids is 1. The topological polar surface area (TPSA) is 52.3 Å². The van der Waals surface area contributed by atoms with Crippen LogP contribution >= 0.6 is 0 Å². The van der Waals surface area contributed by atoms with Gasteiger partial charge in [-0.15, -0.1) is 0 Å². The predicted octanol–water partition coefficient (Wildman–Crippen LogP) is 5.44. The van der Waals surface area contributed by atoms with Crippen LogP contribution in [0.2, 0.25) is 0 Å². The fourth-order valence-corrected chi connectivity index (χ4v) is 3.53. The Kier molecular flexibility index (Phi) is 6.58. The van der Waals surface area contributed by atoms with Crippen LogP contribution in [0.25, 0.3) is 0 Å². The molecule has 0 aliphatic rings. The number of hydrogen-bond donors (Lipinski definition) is 0. The SMILES string of the molecule is CCOC(=O)C(CC(c1ccccc1)C(C)c1ccc(F)cc1)c1ncco1. The zero-order chi connectivity index (χ0) is 19.9. The standard InChI is InChI=1S/C23H24FNO3/c1-3-27-23(26)21(22-25-13-14-28-22)15-20(18-7-5-4-6-8-18)16(2)17-9-11-19(24)12-10-17/h4-14,16,20-21H,3,15H2,1-2H3. The average Bonchev–Trinajstić information content (AvgIpc) is 3.24. The lowest BCUT2D eigenvalue weighted by atomic mass is 9.77. The molecule has 0 spiro atoms. The molecule has 0 saturated carbocycles. The van der Waals surface area contributed by atoms with Crippen LogP contribution in [0.1, 0.15) is 55.0 Å². The monoisotopic (exact) mass is 381 g/mol. The second-order valence-electron chi connectivity index (χ2n) is 6.77. The molecule has 0 radical (unpaired) electrons. The summed E-state index contributed by atoms with van der Waals surface area (Å²) in [5, 5.41) is 0. The molecule has 0 saturated heterocycles. The van der Waals surface area contributed by atoms with Crippen LogP contribution in [0.15, 0.2) is 71.5 Å². The zero-order valence-corrected chi connectivity index (χ0v) is 16.0. The molecule has 4 nitrogen and oxygen atoms in total. The van der Waals surface area contributed by atoms with Crippen molar-refractivity contribution >= 4 is 5.97 Å². The van der Waals surface area contributed by atoms with Gasteiger partial charge in [-0.1, -0.05) is 49.4 Å². The molecule has 0 aliphatic heterocycles. The van der Waals surface area contributed by atoms with Crippen LogP contribution in [0.5, 0.6) is 0 Å². The molecule has 146 valence electrons. The molecular weight excluding hydrogens is 357 g/mol. The Labute approximate surface area is 164 Å². The number of hydrogen-bond acceptors (Lipinski definition) is 4. The smallest absolute Gasteiger partial charge is 0.318 e. The Bertz CT molecular complexity index is 863. The highest BCUT2D eigenvalue weighted by atomic mass is 19.1. The van der Waals surface area contributed by atoms with Gasteiger partial charge in [-0.2, -0.15) is 0 Å². The Balaban J connectivity index is 1.95. The maximum atomic E-state index is 13.4. The lowest BCUT2D eigenvalue weighted by Crippen LogP contribution is -2.21. The maximum absolute atomic E-state index is 13.4. The number of ether oxygens (including phenoxy) is 1. The molecule has 3 aromatic rings. The Hall–Kier alpha value is -2.95. The third-order valence-electron chi connectivity index (χ3n) is 5.04. The molecular formula is C23H24FNO3. The van der Waals surface area contributed by atoms with Crippen LogP contribution in [0.3, 0.4) is 0 Å². The minimum atomic E-state index is -0.608. The molecule has 1 aromatic heterocycles. The van der Waals surface area contributed by atoms with E-state index in [0.29, 0.717) is 18.9 Å². The van der Waals surface area contributed by atoms with Gasteiger partial charge in [0, 0.05) is 0 Å². The molecule has 2 aromatic carbocycles. The highest BCUT2D eigenvalue weighted by Crippen LogP contribution is 2.40. The average molecular weight is 381 g/mol. The number of rotatable bonds is 8. The van der Waals surface area contributed by atoms with Gasteiger partial charge in [0.2, 0.25) is 5.89 Å². The summed E-state index contributed by atoms with van der Waals surface area (Å²) in [6.45, 7) is 4.16. The molecule has 1 heterocycles. The van der Waals surface area contributed by atoms with Gasteiger partial charge < -0.3 is 9.15 Å². The van der Waals surface area contributed by atoms with Crippen molar-refractivity contribution in [1.29, 1.82) is 0 Å². The second-order valence-corrected chi connectivity index (χ2v) is 6.77. The van der Waals surface area contributed by atoms with Crippen LogP contribution in [0.4, 0.5) is 4.39 Å². The van der Waals surface area contributed by atoms with Crippen molar-refractivity contribution in [3.8, 4) is 0 Å². The second kappa shape index (κ2) is 9.31. The van der Waals surface area contributed by atoms with Crippen LogP contribution < -0.4 is 0 Å². The quantitative estimate of drug-likeness (QED) is 0.488. The van der Waals surface area contributed by atoms with E-state index in [0.717, 1.165) is 11.1 Å². The highest BCUT2D eigenvalue weighted by Gasteiger charge is 2.33. The summed E-state index contributed by atoms with van der Waals surface area (Å²) in [5.74, 6) is -0.829. The van der Waals surface area contributed by atoms with Crippen molar-refractivity contribution in [2.75, 3.05) is 6.61 Å². The number of aromatic nitrogens is 1. The third-order valence-corrected chi connectivity index (χ3v) is 5.04. The minimum Gasteiger partial charge on any atom is -0.465 e. The zero-order valence-electron chi connectivity index (χ0n) is 16.0. The molecule has 3 atom stereocenters. The van der Waals surface area contributed by atoms with Gasteiger partial charge in [-0.25, -0.2) is 9.37 Å². The normalized spacial score (nSPS) is 14.2. The van der Waals surface area contributed by atoms with Gasteiger partial charge in [0.15, 0.2) is 0 Å². The maximum Gasteiger partial charge on any atom is 0.318 e. The molecule has 0 fully saturated rings. The fourth-order valence-electron chi connectivity index (χ4n) is 3.53. The Morgan fingerprint density at radius 3 is 2.43 bits per heavy atom.